The molecule has 0 aromatic carbocycles. The number of hydrogen-bond donors (Lipinski definition) is 5. The highest BCUT2D eigenvalue weighted by atomic mass is 16.4. The van der Waals surface area contributed by atoms with Gasteiger partial charge in [-0.15, -0.1) is 0 Å². The van der Waals surface area contributed by atoms with E-state index in [0.717, 1.165) is 0 Å². The van der Waals surface area contributed by atoms with Crippen LogP contribution in [0.4, 0.5) is 0 Å². The van der Waals surface area contributed by atoms with Crippen molar-refractivity contribution in [3.63, 3.8) is 0 Å². The molecule has 0 saturated carbocycles. The Kier molecular flexibility index (Phi) is 6.40. The van der Waals surface area contributed by atoms with Gasteiger partial charge in [-0.25, -0.2) is 0 Å². The Bertz CT molecular complexity index is 354. The van der Waals surface area contributed by atoms with Crippen LogP contribution in [0.3, 0.4) is 0 Å². The number of nitrogens with two attached hydrogens (primary N) is 1. The fraction of sp³-hybridized carbons (Fsp3) is 0.818. The number of carboxylic acid groups (broad SMARTS) is 1. The van der Waals surface area contributed by atoms with Crippen LogP contribution >= 0.6 is 0 Å². The first-order valence-electron chi connectivity index (χ1n) is 6.61. The smallest absolute Gasteiger partial charge is 0.451 e. The van der Waals surface area contributed by atoms with Crippen LogP contribution in [0.1, 0.15) is 12.8 Å². The fourth-order valence-electron chi connectivity index (χ4n) is 2.50. The highest BCUT2D eigenvalue weighted by Crippen LogP contribution is 2.28. The van der Waals surface area contributed by atoms with Crippen LogP contribution in [0.25, 0.3) is 0 Å². The van der Waals surface area contributed by atoms with Gasteiger partial charge in [-0.2, -0.15) is 0 Å². The number of rotatable bonds is 7. The Morgan fingerprint density at radius 1 is 1.35 bits per heavy atom. The zero-order chi connectivity index (χ0) is 15.3. The fourth-order valence-corrected chi connectivity index (χ4v) is 2.50. The van der Waals surface area contributed by atoms with E-state index < -0.39 is 37.6 Å². The Labute approximate surface area is 117 Å². The standard InChI is InChI=1S/C11H21BN2O6/c13-9(6-15)10(16)14-4-7(2-1-3-12(19)20)8(5-14)11(17)18/h7-9,15,19-20H,1-6,13H2,(H,17,18)/t7-,8?,9-/m0/s1. The van der Waals surface area contributed by atoms with Gasteiger partial charge in [0, 0.05) is 13.1 Å². The summed E-state index contributed by atoms with van der Waals surface area (Å²) < 4.78 is 0. The van der Waals surface area contributed by atoms with Crippen LogP contribution in [0.5, 0.6) is 0 Å². The highest BCUT2D eigenvalue weighted by molar-refractivity contribution is 6.40. The molecule has 1 saturated heterocycles. The van der Waals surface area contributed by atoms with Crippen molar-refractivity contribution in [1.82, 2.24) is 4.90 Å². The van der Waals surface area contributed by atoms with Crippen molar-refractivity contribution < 1.29 is 29.9 Å². The molecule has 0 bridgehead atoms. The van der Waals surface area contributed by atoms with E-state index in [1.54, 1.807) is 0 Å². The maximum absolute atomic E-state index is 11.8. The minimum atomic E-state index is -1.40. The van der Waals surface area contributed by atoms with Gasteiger partial charge >= 0.3 is 13.1 Å². The average molecular weight is 288 g/mol. The predicted octanol–water partition coefficient (Wildman–Crippen LogP) is -2.28. The zero-order valence-electron chi connectivity index (χ0n) is 11.2. The van der Waals surface area contributed by atoms with Crippen LogP contribution in [0.2, 0.25) is 6.32 Å². The number of likely N-dealkylation sites (tertiary alicyclic amines) is 1. The monoisotopic (exact) mass is 288 g/mol. The Morgan fingerprint density at radius 2 is 2.00 bits per heavy atom. The molecule has 0 spiro atoms. The third-order valence-electron chi connectivity index (χ3n) is 3.62. The second-order valence-corrected chi connectivity index (χ2v) is 5.15. The molecule has 1 unspecified atom stereocenters. The molecule has 8 nitrogen and oxygen atoms in total. The lowest BCUT2D eigenvalue weighted by molar-refractivity contribution is -0.142. The topological polar surface area (TPSA) is 144 Å². The number of carbonyl (C=O) groups is 2. The summed E-state index contributed by atoms with van der Waals surface area (Å²) >= 11 is 0. The summed E-state index contributed by atoms with van der Waals surface area (Å²) in [6, 6.07) is -1.03. The van der Waals surface area contributed by atoms with E-state index in [4.69, 9.17) is 20.9 Å². The molecule has 1 aliphatic rings. The van der Waals surface area contributed by atoms with Gasteiger partial charge in [0.05, 0.1) is 12.5 Å². The summed E-state index contributed by atoms with van der Waals surface area (Å²) in [4.78, 5) is 24.4. The molecule has 0 aliphatic carbocycles. The molecule has 3 atom stereocenters. The minimum Gasteiger partial charge on any atom is -0.481 e. The molecule has 0 radical (unpaired) electrons. The summed E-state index contributed by atoms with van der Waals surface area (Å²) in [6.45, 7) is -0.131. The van der Waals surface area contributed by atoms with Gasteiger partial charge in [-0.3, -0.25) is 9.59 Å². The van der Waals surface area contributed by atoms with Crippen molar-refractivity contribution in [2.45, 2.75) is 25.2 Å². The number of aliphatic hydroxyl groups is 1. The summed E-state index contributed by atoms with van der Waals surface area (Å²) in [5, 5.41) is 35.6. The van der Waals surface area contributed by atoms with Gasteiger partial charge in [0.2, 0.25) is 5.91 Å². The summed E-state index contributed by atoms with van der Waals surface area (Å²) in [6.07, 6.45) is 1.14. The molecule has 1 heterocycles. The molecular weight excluding hydrogens is 267 g/mol. The molecule has 6 N–H and O–H groups in total. The number of hydrogen-bond acceptors (Lipinski definition) is 6. The van der Waals surface area contributed by atoms with Crippen molar-refractivity contribution in [3.05, 3.63) is 0 Å². The Morgan fingerprint density at radius 3 is 2.50 bits per heavy atom. The molecule has 20 heavy (non-hydrogen) atoms. The molecule has 114 valence electrons. The predicted molar refractivity (Wildman–Crippen MR) is 70.5 cm³/mol. The van der Waals surface area contributed by atoms with Crippen LogP contribution < -0.4 is 5.73 Å². The van der Waals surface area contributed by atoms with Crippen LogP contribution in [-0.4, -0.2) is 69.9 Å². The lowest BCUT2D eigenvalue weighted by atomic mass is 9.80. The van der Waals surface area contributed by atoms with Crippen molar-refractivity contribution in [2.24, 2.45) is 17.6 Å². The highest BCUT2D eigenvalue weighted by Gasteiger charge is 2.40. The number of carboxylic acids is 1. The molecule has 1 fully saturated rings. The van der Waals surface area contributed by atoms with E-state index in [9.17, 15) is 14.7 Å². The SMILES string of the molecule is N[C@@H](CO)C(=O)N1CC(C(=O)O)[C@@H](CCCB(O)O)C1. The molecular formula is C11H21BN2O6. The molecule has 0 aromatic rings. The molecule has 9 heteroatoms. The summed E-state index contributed by atoms with van der Waals surface area (Å²) in [5.74, 6) is -2.35. The van der Waals surface area contributed by atoms with Gasteiger partial charge < -0.3 is 30.9 Å². The maximum atomic E-state index is 11.8. The normalized spacial score (nSPS) is 23.7. The largest absolute Gasteiger partial charge is 0.481 e. The van der Waals surface area contributed by atoms with E-state index in [-0.39, 0.29) is 25.3 Å². The molecule has 1 aliphatic heterocycles. The summed E-state index contributed by atoms with van der Waals surface area (Å²) in [7, 11) is -1.40. The number of aliphatic carboxylic acids is 1. The first kappa shape index (κ1) is 16.9. The van der Waals surface area contributed by atoms with Crippen molar-refractivity contribution >= 4 is 19.0 Å². The van der Waals surface area contributed by atoms with E-state index in [0.29, 0.717) is 12.8 Å². The van der Waals surface area contributed by atoms with Crippen LogP contribution in [0.15, 0.2) is 0 Å². The van der Waals surface area contributed by atoms with E-state index >= 15 is 0 Å². The van der Waals surface area contributed by atoms with Gasteiger partial charge in [-0.05, 0) is 18.7 Å². The van der Waals surface area contributed by atoms with Gasteiger partial charge in [-0.1, -0.05) is 6.42 Å². The average Bonchev–Trinajstić information content (AvgIpc) is 2.80. The van der Waals surface area contributed by atoms with Crippen LogP contribution in [-0.2, 0) is 9.59 Å². The number of carbonyl (C=O) groups excluding carboxylic acids is 1. The van der Waals surface area contributed by atoms with E-state index in [1.807, 2.05) is 0 Å². The number of amides is 1. The third-order valence-corrected chi connectivity index (χ3v) is 3.62. The Balaban J connectivity index is 2.60. The first-order valence-corrected chi connectivity index (χ1v) is 6.61. The second kappa shape index (κ2) is 7.58. The number of aliphatic hydroxyl groups excluding tert-OH is 1. The zero-order valence-corrected chi connectivity index (χ0v) is 11.2. The summed E-state index contributed by atoms with van der Waals surface area (Å²) in [5.41, 5.74) is 5.45. The number of nitrogens with zero attached hydrogens (tertiary/aromatic N) is 1. The first-order chi connectivity index (χ1) is 9.36. The third kappa shape index (κ3) is 4.45. The van der Waals surface area contributed by atoms with Gasteiger partial charge in [0.15, 0.2) is 0 Å². The quantitative estimate of drug-likeness (QED) is 0.332. The van der Waals surface area contributed by atoms with Gasteiger partial charge in [0.25, 0.3) is 0 Å². The maximum Gasteiger partial charge on any atom is 0.451 e. The lowest BCUT2D eigenvalue weighted by Crippen LogP contribution is -2.45. The molecule has 1 amide bonds. The minimum absolute atomic E-state index is 0.0776. The van der Waals surface area contributed by atoms with Crippen molar-refractivity contribution in [2.75, 3.05) is 19.7 Å². The Hall–Kier alpha value is -1.16. The molecule has 0 aromatic heterocycles. The lowest BCUT2D eigenvalue weighted by Gasteiger charge is -2.19. The van der Waals surface area contributed by atoms with E-state index in [2.05, 4.69) is 0 Å². The second-order valence-electron chi connectivity index (χ2n) is 5.15. The van der Waals surface area contributed by atoms with Crippen molar-refractivity contribution in [1.29, 1.82) is 0 Å². The van der Waals surface area contributed by atoms with E-state index in [1.165, 1.54) is 4.90 Å². The van der Waals surface area contributed by atoms with Crippen LogP contribution in [0, 0.1) is 11.8 Å². The molecule has 1 rings (SSSR count). The van der Waals surface area contributed by atoms with Crippen molar-refractivity contribution in [3.8, 4) is 0 Å². The van der Waals surface area contributed by atoms with Gasteiger partial charge in [0.1, 0.15) is 6.04 Å².